The van der Waals surface area contributed by atoms with Gasteiger partial charge in [0.05, 0.1) is 0 Å². The fourth-order valence-corrected chi connectivity index (χ4v) is 1.33. The van der Waals surface area contributed by atoms with Gasteiger partial charge in [-0.3, -0.25) is 0 Å². The van der Waals surface area contributed by atoms with E-state index in [1.165, 1.54) is 11.1 Å². The monoisotopic (exact) mass is 207 g/mol. The highest BCUT2D eigenvalue weighted by Crippen LogP contribution is 2.02. The molecular weight excluding hydrogens is 186 g/mol. The molecule has 1 aromatic carbocycles. The van der Waals surface area contributed by atoms with Gasteiger partial charge in [-0.1, -0.05) is 24.3 Å². The van der Waals surface area contributed by atoms with E-state index in [1.807, 2.05) is 0 Å². The minimum absolute atomic E-state index is 0.619. The Morgan fingerprint density at radius 2 is 1.73 bits per heavy atom. The van der Waals surface area contributed by atoms with Crippen LogP contribution in [-0.4, -0.2) is 32.1 Å². The van der Waals surface area contributed by atoms with Crippen LogP contribution in [-0.2, 0) is 13.1 Å². The lowest BCUT2D eigenvalue weighted by Gasteiger charge is -2.10. The lowest BCUT2D eigenvalue weighted by molar-refractivity contribution is 0.400. The highest BCUT2D eigenvalue weighted by Gasteiger charge is 1.94. The van der Waals surface area contributed by atoms with Gasteiger partial charge in [0.25, 0.3) is 0 Å². The zero-order valence-electron chi connectivity index (χ0n) is 9.66. The number of nitrogens with zero attached hydrogens (tertiary/aromatic N) is 1. The Balaban J connectivity index is 2.25. The minimum Gasteiger partial charge on any atom is -0.326 e. The molecule has 0 saturated carbocycles. The molecule has 3 N–H and O–H groups in total. The molecule has 84 valence electrons. The summed E-state index contributed by atoms with van der Waals surface area (Å²) >= 11 is 0. The second kappa shape index (κ2) is 6.56. The van der Waals surface area contributed by atoms with E-state index in [1.54, 1.807) is 0 Å². The molecule has 1 aromatic rings. The van der Waals surface area contributed by atoms with Crippen molar-refractivity contribution >= 4 is 0 Å². The van der Waals surface area contributed by atoms with Crippen LogP contribution in [0.25, 0.3) is 0 Å². The summed E-state index contributed by atoms with van der Waals surface area (Å²) in [6.07, 6.45) is 0. The molecule has 0 unspecified atom stereocenters. The number of nitrogens with one attached hydrogen (secondary N) is 1. The maximum Gasteiger partial charge on any atom is 0.0206 e. The molecule has 3 heteroatoms. The summed E-state index contributed by atoms with van der Waals surface area (Å²) in [6, 6.07) is 8.43. The molecule has 0 aliphatic carbocycles. The smallest absolute Gasteiger partial charge is 0.0206 e. The molecule has 0 atom stereocenters. The maximum atomic E-state index is 5.53. The van der Waals surface area contributed by atoms with Crippen LogP contribution in [0.2, 0.25) is 0 Å². The normalized spacial score (nSPS) is 10.9. The second-order valence-corrected chi connectivity index (χ2v) is 4.00. The highest BCUT2D eigenvalue weighted by atomic mass is 15.1. The first-order valence-corrected chi connectivity index (χ1v) is 5.35. The van der Waals surface area contributed by atoms with E-state index in [9.17, 15) is 0 Å². The van der Waals surface area contributed by atoms with Crippen molar-refractivity contribution in [1.29, 1.82) is 0 Å². The number of hydrogen-bond donors (Lipinski definition) is 2. The first kappa shape index (κ1) is 12.2. The molecule has 0 aliphatic rings. The Morgan fingerprint density at radius 3 is 2.27 bits per heavy atom. The average molecular weight is 207 g/mol. The molecule has 0 amide bonds. The SMILES string of the molecule is CN(C)CCNCc1ccc(CN)cc1. The van der Waals surface area contributed by atoms with Gasteiger partial charge < -0.3 is 16.0 Å². The predicted octanol–water partition coefficient (Wildman–Crippen LogP) is 0.796. The number of rotatable bonds is 6. The largest absolute Gasteiger partial charge is 0.326 e. The molecule has 0 aromatic heterocycles. The van der Waals surface area contributed by atoms with Gasteiger partial charge in [0.2, 0.25) is 0 Å². The van der Waals surface area contributed by atoms with Gasteiger partial charge in [-0.15, -0.1) is 0 Å². The molecule has 15 heavy (non-hydrogen) atoms. The first-order valence-electron chi connectivity index (χ1n) is 5.35. The van der Waals surface area contributed by atoms with E-state index in [2.05, 4.69) is 48.6 Å². The van der Waals surface area contributed by atoms with E-state index in [0.717, 1.165) is 19.6 Å². The third kappa shape index (κ3) is 4.93. The van der Waals surface area contributed by atoms with Crippen molar-refractivity contribution in [2.24, 2.45) is 5.73 Å². The zero-order chi connectivity index (χ0) is 11.1. The minimum atomic E-state index is 0.619. The molecule has 0 aliphatic heterocycles. The molecule has 0 fully saturated rings. The summed E-state index contributed by atoms with van der Waals surface area (Å²) < 4.78 is 0. The van der Waals surface area contributed by atoms with Crippen LogP contribution in [0, 0.1) is 0 Å². The van der Waals surface area contributed by atoms with E-state index >= 15 is 0 Å². The fourth-order valence-electron chi connectivity index (χ4n) is 1.33. The van der Waals surface area contributed by atoms with Gasteiger partial charge in [0, 0.05) is 26.2 Å². The molecule has 1 rings (SSSR count). The topological polar surface area (TPSA) is 41.3 Å². The Labute approximate surface area is 92.3 Å². The van der Waals surface area contributed by atoms with Crippen molar-refractivity contribution in [3.63, 3.8) is 0 Å². The van der Waals surface area contributed by atoms with Gasteiger partial charge in [-0.2, -0.15) is 0 Å². The summed E-state index contributed by atoms with van der Waals surface area (Å²) in [7, 11) is 4.16. The molecule has 0 heterocycles. The molecule has 3 nitrogen and oxygen atoms in total. The molecule has 0 bridgehead atoms. The molecule has 0 spiro atoms. The first-order chi connectivity index (χ1) is 7.22. The second-order valence-electron chi connectivity index (χ2n) is 4.00. The van der Waals surface area contributed by atoms with E-state index in [4.69, 9.17) is 5.73 Å². The number of benzene rings is 1. The van der Waals surface area contributed by atoms with Crippen molar-refractivity contribution in [3.05, 3.63) is 35.4 Å². The van der Waals surface area contributed by atoms with E-state index < -0.39 is 0 Å². The summed E-state index contributed by atoms with van der Waals surface area (Å²) in [5.74, 6) is 0. The van der Waals surface area contributed by atoms with E-state index in [-0.39, 0.29) is 0 Å². The van der Waals surface area contributed by atoms with Crippen LogP contribution in [0.5, 0.6) is 0 Å². The molecule has 0 radical (unpaired) electrons. The lowest BCUT2D eigenvalue weighted by atomic mass is 10.1. The number of likely N-dealkylation sites (N-methyl/N-ethyl adjacent to an activating group) is 1. The third-order valence-electron chi connectivity index (χ3n) is 2.32. The fraction of sp³-hybridized carbons (Fsp3) is 0.500. The quantitative estimate of drug-likeness (QED) is 0.678. The summed E-state index contributed by atoms with van der Waals surface area (Å²) in [5.41, 5.74) is 8.03. The average Bonchev–Trinajstić information content (AvgIpc) is 2.25. The van der Waals surface area contributed by atoms with Gasteiger partial charge in [-0.05, 0) is 25.2 Å². The van der Waals surface area contributed by atoms with Crippen molar-refractivity contribution in [3.8, 4) is 0 Å². The Hall–Kier alpha value is -0.900. The standard InChI is InChI=1S/C12H21N3/c1-15(2)8-7-14-10-12-5-3-11(9-13)4-6-12/h3-6,14H,7-10,13H2,1-2H3. The van der Waals surface area contributed by atoms with Crippen LogP contribution in [0.3, 0.4) is 0 Å². The Morgan fingerprint density at radius 1 is 1.13 bits per heavy atom. The Bertz CT molecular complexity index is 267. The van der Waals surface area contributed by atoms with Crippen molar-refractivity contribution < 1.29 is 0 Å². The number of nitrogens with two attached hydrogens (primary N) is 1. The van der Waals surface area contributed by atoms with Crippen LogP contribution < -0.4 is 11.1 Å². The Kier molecular flexibility index (Phi) is 5.32. The third-order valence-corrected chi connectivity index (χ3v) is 2.32. The zero-order valence-corrected chi connectivity index (χ0v) is 9.66. The predicted molar refractivity (Wildman–Crippen MR) is 64.6 cm³/mol. The van der Waals surface area contributed by atoms with Gasteiger partial charge in [0.15, 0.2) is 0 Å². The summed E-state index contributed by atoms with van der Waals surface area (Å²) in [5, 5.41) is 3.40. The summed E-state index contributed by atoms with van der Waals surface area (Å²) in [4.78, 5) is 2.17. The van der Waals surface area contributed by atoms with Gasteiger partial charge in [-0.25, -0.2) is 0 Å². The van der Waals surface area contributed by atoms with Crippen LogP contribution in [0.4, 0.5) is 0 Å². The van der Waals surface area contributed by atoms with Crippen LogP contribution in [0.15, 0.2) is 24.3 Å². The maximum absolute atomic E-state index is 5.53. The van der Waals surface area contributed by atoms with Crippen LogP contribution >= 0.6 is 0 Å². The summed E-state index contributed by atoms with van der Waals surface area (Å²) in [6.45, 7) is 3.64. The van der Waals surface area contributed by atoms with Crippen molar-refractivity contribution in [2.45, 2.75) is 13.1 Å². The molecule has 0 saturated heterocycles. The van der Waals surface area contributed by atoms with Crippen LogP contribution in [0.1, 0.15) is 11.1 Å². The lowest BCUT2D eigenvalue weighted by Crippen LogP contribution is -2.26. The van der Waals surface area contributed by atoms with Crippen molar-refractivity contribution in [1.82, 2.24) is 10.2 Å². The van der Waals surface area contributed by atoms with Gasteiger partial charge in [0.1, 0.15) is 0 Å². The number of hydrogen-bond acceptors (Lipinski definition) is 3. The van der Waals surface area contributed by atoms with Gasteiger partial charge >= 0.3 is 0 Å². The van der Waals surface area contributed by atoms with Crippen molar-refractivity contribution in [2.75, 3.05) is 27.2 Å². The van der Waals surface area contributed by atoms with E-state index in [0.29, 0.717) is 6.54 Å². The molecular formula is C12H21N3. The highest BCUT2D eigenvalue weighted by molar-refractivity contribution is 5.22.